The second-order valence-electron chi connectivity index (χ2n) is 9.62. The van der Waals surface area contributed by atoms with Crippen molar-refractivity contribution in [2.75, 3.05) is 6.54 Å². The second-order valence-corrected chi connectivity index (χ2v) is 9.62. The maximum absolute atomic E-state index is 14.1. The number of carboxylic acid groups (broad SMARTS) is 1. The Morgan fingerprint density at radius 1 is 1.19 bits per heavy atom. The van der Waals surface area contributed by atoms with Crippen LogP contribution in [0.15, 0.2) is 29.7 Å². The molecule has 2 rings (SSSR count). The van der Waals surface area contributed by atoms with Gasteiger partial charge in [-0.15, -0.1) is 0 Å². The Morgan fingerprint density at radius 2 is 1.78 bits per heavy atom. The van der Waals surface area contributed by atoms with Crippen LogP contribution in [0.2, 0.25) is 0 Å². The molecule has 0 unspecified atom stereocenters. The number of carbonyl (C=O) groups excluding carboxylic acids is 1. The van der Waals surface area contributed by atoms with Crippen LogP contribution in [-0.2, 0) is 18.8 Å². The van der Waals surface area contributed by atoms with Crippen LogP contribution in [0.4, 0.5) is 9.18 Å². The molecule has 32 heavy (non-hydrogen) atoms. The van der Waals surface area contributed by atoms with Crippen LogP contribution in [0.5, 0.6) is 0 Å². The van der Waals surface area contributed by atoms with Gasteiger partial charge in [0.2, 0.25) is 0 Å². The van der Waals surface area contributed by atoms with Gasteiger partial charge in [-0.1, -0.05) is 12.1 Å². The van der Waals surface area contributed by atoms with E-state index >= 15 is 0 Å². The molecular weight excluding hydrogens is 416 g/mol. The molecule has 0 aromatic heterocycles. The summed E-state index contributed by atoms with van der Waals surface area (Å²) in [7, 11) is -0.752. The molecule has 174 valence electrons. The Kier molecular flexibility index (Phi) is 7.57. The molecule has 0 aliphatic carbocycles. The Labute approximate surface area is 188 Å². The molecule has 1 amide bonds. The van der Waals surface area contributed by atoms with Crippen LogP contribution in [0.1, 0.15) is 59.6 Å². The zero-order chi connectivity index (χ0) is 24.3. The first-order chi connectivity index (χ1) is 14.6. The minimum atomic E-state index is -1.18. The molecule has 0 radical (unpaired) electrons. The average Bonchev–Trinajstić information content (AvgIpc) is 2.84. The smallest absolute Gasteiger partial charge is 0.478 e. The molecule has 1 aromatic carbocycles. The normalized spacial score (nSPS) is 18.1. The van der Waals surface area contributed by atoms with Crippen molar-refractivity contribution in [1.29, 1.82) is 0 Å². The van der Waals surface area contributed by atoms with Gasteiger partial charge in [0.15, 0.2) is 0 Å². The number of amides is 1. The van der Waals surface area contributed by atoms with Gasteiger partial charge in [-0.25, -0.2) is 14.0 Å². The van der Waals surface area contributed by atoms with Crippen LogP contribution in [-0.4, -0.2) is 47.6 Å². The minimum Gasteiger partial charge on any atom is -0.478 e. The van der Waals surface area contributed by atoms with Crippen molar-refractivity contribution in [2.45, 2.75) is 65.3 Å². The van der Waals surface area contributed by atoms with E-state index in [1.165, 1.54) is 18.2 Å². The lowest BCUT2D eigenvalue weighted by molar-refractivity contribution is -0.131. The molecule has 0 bridgehead atoms. The molecule has 2 N–H and O–H groups in total. The predicted octanol–water partition coefficient (Wildman–Crippen LogP) is 4.46. The molecule has 1 fully saturated rings. The van der Waals surface area contributed by atoms with Gasteiger partial charge in [0.05, 0.1) is 11.2 Å². The molecule has 1 aliphatic rings. The van der Waals surface area contributed by atoms with E-state index in [9.17, 15) is 14.0 Å². The van der Waals surface area contributed by atoms with E-state index in [-0.39, 0.29) is 12.1 Å². The molecule has 0 saturated carbocycles. The zero-order valence-corrected chi connectivity index (χ0v) is 19.6. The van der Waals surface area contributed by atoms with E-state index in [2.05, 4.69) is 5.32 Å². The fourth-order valence-corrected chi connectivity index (χ4v) is 2.84. The van der Waals surface area contributed by atoms with Gasteiger partial charge < -0.3 is 24.5 Å². The Hall–Kier alpha value is -2.65. The van der Waals surface area contributed by atoms with Crippen molar-refractivity contribution in [3.05, 3.63) is 46.7 Å². The zero-order valence-electron chi connectivity index (χ0n) is 19.6. The minimum absolute atomic E-state index is 0.0728. The molecule has 1 aliphatic heterocycles. The Balaban J connectivity index is 2.36. The van der Waals surface area contributed by atoms with Crippen molar-refractivity contribution in [1.82, 2.24) is 5.32 Å². The summed E-state index contributed by atoms with van der Waals surface area (Å²) in [5.41, 5.74) is -0.543. The highest BCUT2D eigenvalue weighted by molar-refractivity contribution is 6.56. The van der Waals surface area contributed by atoms with Crippen LogP contribution in [0, 0.1) is 5.82 Å². The van der Waals surface area contributed by atoms with Crippen LogP contribution >= 0.6 is 0 Å². The van der Waals surface area contributed by atoms with E-state index in [1.807, 2.05) is 27.7 Å². The number of rotatable bonds is 6. The third-order valence-electron chi connectivity index (χ3n) is 5.17. The third-order valence-corrected chi connectivity index (χ3v) is 5.17. The van der Waals surface area contributed by atoms with Crippen molar-refractivity contribution >= 4 is 31.3 Å². The van der Waals surface area contributed by atoms with E-state index in [1.54, 1.807) is 32.9 Å². The first kappa shape index (κ1) is 25.6. The number of hydrogen-bond donors (Lipinski definition) is 2. The van der Waals surface area contributed by atoms with E-state index in [0.717, 1.165) is 6.08 Å². The topological polar surface area (TPSA) is 94.1 Å². The van der Waals surface area contributed by atoms with Gasteiger partial charge in [-0.3, -0.25) is 0 Å². The van der Waals surface area contributed by atoms with Gasteiger partial charge in [-0.05, 0) is 77.7 Å². The number of carbonyl (C=O) groups is 2. The Morgan fingerprint density at radius 3 is 2.31 bits per heavy atom. The molecule has 7 nitrogen and oxygen atoms in total. The standard InChI is InChI=1S/C23H31BFNO6/c1-21(2,3)30-20(29)26-14-17(24-31-22(4,5)23(6,7)32-24)13-15-8-10-18(25)16(12-15)9-11-19(27)28/h8-13H,14H2,1-7H3,(H,26,29)(H,27,28)/b11-9+,17-13?. The van der Waals surface area contributed by atoms with E-state index < -0.39 is 41.8 Å². The molecule has 1 aromatic rings. The molecule has 0 spiro atoms. The number of halogens is 1. The van der Waals surface area contributed by atoms with Gasteiger partial charge in [-0.2, -0.15) is 0 Å². The predicted molar refractivity (Wildman–Crippen MR) is 121 cm³/mol. The molecular formula is C23H31BFNO6. The fraction of sp³-hybridized carbons (Fsp3) is 0.478. The van der Waals surface area contributed by atoms with Crippen LogP contribution < -0.4 is 5.32 Å². The highest BCUT2D eigenvalue weighted by atomic mass is 19.1. The number of benzene rings is 1. The summed E-state index contributed by atoms with van der Waals surface area (Å²) in [6, 6.07) is 4.30. The highest BCUT2D eigenvalue weighted by Gasteiger charge is 2.52. The summed E-state index contributed by atoms with van der Waals surface area (Å²) in [5, 5.41) is 11.5. The summed E-state index contributed by atoms with van der Waals surface area (Å²) in [5.74, 6) is -1.73. The number of alkyl carbamates (subject to hydrolysis) is 1. The summed E-state index contributed by atoms with van der Waals surface area (Å²) in [6.07, 6.45) is 3.18. The lowest BCUT2D eigenvalue weighted by Crippen LogP contribution is -2.41. The fourth-order valence-electron chi connectivity index (χ4n) is 2.84. The number of aliphatic carboxylic acids is 1. The Bertz CT molecular complexity index is 917. The lowest BCUT2D eigenvalue weighted by atomic mass is 9.77. The molecule has 1 saturated heterocycles. The van der Waals surface area contributed by atoms with Crippen LogP contribution in [0.3, 0.4) is 0 Å². The van der Waals surface area contributed by atoms with Crippen molar-refractivity contribution in [3.8, 4) is 0 Å². The second kappa shape index (κ2) is 9.46. The van der Waals surface area contributed by atoms with Gasteiger partial charge in [0.25, 0.3) is 0 Å². The summed E-state index contributed by atoms with van der Waals surface area (Å²) in [6.45, 7) is 13.0. The summed E-state index contributed by atoms with van der Waals surface area (Å²) in [4.78, 5) is 23.0. The first-order valence-corrected chi connectivity index (χ1v) is 10.3. The van der Waals surface area contributed by atoms with Crippen molar-refractivity contribution in [2.24, 2.45) is 0 Å². The molecule has 0 atom stereocenters. The summed E-state index contributed by atoms with van der Waals surface area (Å²) < 4.78 is 31.6. The maximum Gasteiger partial charge on any atom is 0.492 e. The molecule has 1 heterocycles. The van der Waals surface area contributed by atoms with Crippen molar-refractivity contribution in [3.63, 3.8) is 0 Å². The maximum atomic E-state index is 14.1. The quantitative estimate of drug-likeness (QED) is 0.494. The van der Waals surface area contributed by atoms with Crippen molar-refractivity contribution < 1.29 is 33.1 Å². The molecule has 9 heteroatoms. The average molecular weight is 447 g/mol. The first-order valence-electron chi connectivity index (χ1n) is 10.3. The van der Waals surface area contributed by atoms with Crippen LogP contribution in [0.25, 0.3) is 12.2 Å². The van der Waals surface area contributed by atoms with Gasteiger partial charge in [0.1, 0.15) is 11.4 Å². The number of hydrogen-bond acceptors (Lipinski definition) is 5. The highest BCUT2D eigenvalue weighted by Crippen LogP contribution is 2.38. The largest absolute Gasteiger partial charge is 0.492 e. The SMILES string of the molecule is CC(C)(C)OC(=O)NCC(=Cc1ccc(F)c(/C=C/C(=O)O)c1)B1OC(C)(C)C(C)(C)O1. The monoisotopic (exact) mass is 447 g/mol. The van der Waals surface area contributed by atoms with E-state index in [0.29, 0.717) is 11.0 Å². The summed E-state index contributed by atoms with van der Waals surface area (Å²) >= 11 is 0. The van der Waals surface area contributed by atoms with Gasteiger partial charge >= 0.3 is 19.2 Å². The van der Waals surface area contributed by atoms with Gasteiger partial charge in [0, 0.05) is 18.2 Å². The third kappa shape index (κ3) is 6.93. The number of nitrogens with one attached hydrogen (secondary N) is 1. The number of carboxylic acids is 1. The lowest BCUT2D eigenvalue weighted by Gasteiger charge is -2.32. The van der Waals surface area contributed by atoms with E-state index in [4.69, 9.17) is 19.2 Å². The number of ether oxygens (including phenoxy) is 1.